The molecule has 12 heteroatoms. The highest BCUT2D eigenvalue weighted by Crippen LogP contribution is 1.87. The van der Waals surface area contributed by atoms with Gasteiger partial charge in [-0.05, 0) is 0 Å². The Hall–Kier alpha value is -0.130. The third-order valence-corrected chi connectivity index (χ3v) is 4.47. The summed E-state index contributed by atoms with van der Waals surface area (Å²) >= 11 is 2.28. The molecule has 0 spiro atoms. The Balaban J connectivity index is 3.00. The van der Waals surface area contributed by atoms with Gasteiger partial charge in [0.1, 0.15) is 6.61 Å². The Morgan fingerprint density at radius 3 is 0.722 bits per heavy atom. The number of halogens is 1. The second kappa shape index (κ2) is 34.9. The molecule has 0 heterocycles. The number of ether oxygens (including phenoxy) is 11. The SMILES string of the molecule is C=COCCOCCOCCOCCOCCOCCOCCOCCOCCOCCOCCI. The van der Waals surface area contributed by atoms with E-state index in [0.29, 0.717) is 132 Å². The van der Waals surface area contributed by atoms with Crippen molar-refractivity contribution < 1.29 is 52.1 Å². The average Bonchev–Trinajstić information content (AvgIpc) is 2.89. The van der Waals surface area contributed by atoms with Gasteiger partial charge >= 0.3 is 0 Å². The lowest BCUT2D eigenvalue weighted by Gasteiger charge is -2.09. The van der Waals surface area contributed by atoms with E-state index in [1.54, 1.807) is 0 Å². The Labute approximate surface area is 230 Å². The predicted octanol–water partition coefficient (Wildman–Crippen LogP) is 1.75. The molecule has 0 amide bonds. The van der Waals surface area contributed by atoms with Crippen LogP contribution in [0.5, 0.6) is 0 Å². The summed E-state index contributed by atoms with van der Waals surface area (Å²) in [4.78, 5) is 0. The minimum Gasteiger partial charge on any atom is -0.499 e. The Bertz CT molecular complexity index is 408. The first-order valence-electron chi connectivity index (χ1n) is 12.5. The van der Waals surface area contributed by atoms with Crippen molar-refractivity contribution in [2.45, 2.75) is 0 Å². The monoisotopic (exact) mass is 638 g/mol. The van der Waals surface area contributed by atoms with Crippen molar-refractivity contribution in [1.82, 2.24) is 0 Å². The zero-order valence-corrected chi connectivity index (χ0v) is 23.9. The van der Waals surface area contributed by atoms with Crippen LogP contribution in [0.15, 0.2) is 12.8 Å². The molecule has 0 unspecified atom stereocenters. The topological polar surface area (TPSA) is 102 Å². The molecule has 0 N–H and O–H groups in total. The second-order valence-corrected chi connectivity index (χ2v) is 7.93. The van der Waals surface area contributed by atoms with Gasteiger partial charge in [0.15, 0.2) is 0 Å². The van der Waals surface area contributed by atoms with Gasteiger partial charge in [-0.3, -0.25) is 0 Å². The summed E-state index contributed by atoms with van der Waals surface area (Å²) in [6.07, 6.45) is 1.40. The van der Waals surface area contributed by atoms with Crippen LogP contribution in [-0.4, -0.2) is 143 Å². The van der Waals surface area contributed by atoms with Crippen LogP contribution in [-0.2, 0) is 52.1 Å². The molecule has 0 radical (unpaired) electrons. The van der Waals surface area contributed by atoms with Crippen LogP contribution >= 0.6 is 22.6 Å². The Morgan fingerprint density at radius 1 is 0.333 bits per heavy atom. The summed E-state index contributed by atoms with van der Waals surface area (Å²) in [5.74, 6) is 0. The van der Waals surface area contributed by atoms with E-state index in [-0.39, 0.29) is 0 Å². The van der Waals surface area contributed by atoms with Crippen molar-refractivity contribution in [3.05, 3.63) is 12.8 Å². The maximum atomic E-state index is 5.45. The van der Waals surface area contributed by atoms with Gasteiger partial charge in [0.25, 0.3) is 0 Å². The maximum absolute atomic E-state index is 5.45. The molecule has 0 aromatic rings. The van der Waals surface area contributed by atoms with Gasteiger partial charge in [0.05, 0.1) is 138 Å². The maximum Gasteiger partial charge on any atom is 0.111 e. The molecule has 216 valence electrons. The molecule has 0 aliphatic rings. The number of hydrogen-bond donors (Lipinski definition) is 0. The lowest BCUT2D eigenvalue weighted by atomic mass is 10.6. The van der Waals surface area contributed by atoms with E-state index < -0.39 is 0 Å². The smallest absolute Gasteiger partial charge is 0.111 e. The van der Waals surface area contributed by atoms with Gasteiger partial charge in [-0.15, -0.1) is 0 Å². The third-order valence-electron chi connectivity index (χ3n) is 4.03. The second-order valence-electron chi connectivity index (χ2n) is 6.85. The highest BCUT2D eigenvalue weighted by atomic mass is 127. The third kappa shape index (κ3) is 33.9. The standard InChI is InChI=1S/C24H47IO11/c1-2-26-5-6-28-9-10-30-13-14-32-17-18-34-21-22-36-24-23-35-20-19-33-16-15-31-12-11-29-8-7-27-4-3-25/h2H,1,3-24H2. The van der Waals surface area contributed by atoms with Crippen molar-refractivity contribution in [3.8, 4) is 0 Å². The molecule has 11 nitrogen and oxygen atoms in total. The summed E-state index contributed by atoms with van der Waals surface area (Å²) in [6, 6.07) is 0. The fraction of sp³-hybridized carbons (Fsp3) is 0.917. The van der Waals surface area contributed by atoms with Crippen LogP contribution in [0.4, 0.5) is 0 Å². The average molecular weight is 639 g/mol. The van der Waals surface area contributed by atoms with Gasteiger partial charge < -0.3 is 52.1 Å². The van der Waals surface area contributed by atoms with Crippen LogP contribution < -0.4 is 0 Å². The van der Waals surface area contributed by atoms with Crippen LogP contribution in [0.1, 0.15) is 0 Å². The van der Waals surface area contributed by atoms with E-state index in [9.17, 15) is 0 Å². The first-order valence-corrected chi connectivity index (χ1v) is 14.0. The molecule has 0 saturated heterocycles. The molecule has 0 fully saturated rings. The fourth-order valence-electron chi connectivity index (χ4n) is 2.33. The molecule has 0 aromatic carbocycles. The Morgan fingerprint density at radius 2 is 0.528 bits per heavy atom. The molecule has 0 aliphatic carbocycles. The number of alkyl halides is 1. The summed E-state index contributed by atoms with van der Waals surface area (Å²) < 4.78 is 60.0. The van der Waals surface area contributed by atoms with E-state index in [1.807, 2.05) is 0 Å². The fourth-order valence-corrected chi connectivity index (χ4v) is 2.64. The zero-order valence-electron chi connectivity index (χ0n) is 21.7. The highest BCUT2D eigenvalue weighted by Gasteiger charge is 1.96. The van der Waals surface area contributed by atoms with E-state index in [4.69, 9.17) is 52.1 Å². The molecule has 0 aromatic heterocycles. The van der Waals surface area contributed by atoms with Crippen molar-refractivity contribution in [2.75, 3.05) is 143 Å². The molecule has 0 rings (SSSR count). The van der Waals surface area contributed by atoms with E-state index >= 15 is 0 Å². The molecule has 0 aliphatic heterocycles. The van der Waals surface area contributed by atoms with E-state index in [0.717, 1.165) is 11.0 Å². The zero-order chi connectivity index (χ0) is 26.0. The van der Waals surface area contributed by atoms with Crippen molar-refractivity contribution in [2.24, 2.45) is 0 Å². The Kier molecular flexibility index (Phi) is 34.7. The lowest BCUT2D eigenvalue weighted by molar-refractivity contribution is -0.0267. The summed E-state index contributed by atoms with van der Waals surface area (Å²) in [5.41, 5.74) is 0. The molecule has 0 saturated carbocycles. The molecular weight excluding hydrogens is 591 g/mol. The van der Waals surface area contributed by atoms with Crippen LogP contribution in [0.25, 0.3) is 0 Å². The summed E-state index contributed by atoms with van der Waals surface area (Å²) in [5, 5.41) is 0. The summed E-state index contributed by atoms with van der Waals surface area (Å²) in [7, 11) is 0. The molecule has 0 atom stereocenters. The van der Waals surface area contributed by atoms with Crippen LogP contribution in [0.3, 0.4) is 0 Å². The van der Waals surface area contributed by atoms with Gasteiger partial charge in [-0.2, -0.15) is 0 Å². The predicted molar refractivity (Wildman–Crippen MR) is 143 cm³/mol. The van der Waals surface area contributed by atoms with Gasteiger partial charge in [0, 0.05) is 4.43 Å². The quantitative estimate of drug-likeness (QED) is 0.0455. The van der Waals surface area contributed by atoms with Gasteiger partial charge in [-0.1, -0.05) is 29.2 Å². The normalized spacial score (nSPS) is 11.2. The van der Waals surface area contributed by atoms with Gasteiger partial charge in [0.2, 0.25) is 0 Å². The van der Waals surface area contributed by atoms with E-state index in [1.165, 1.54) is 6.26 Å². The molecular formula is C24H47IO11. The largest absolute Gasteiger partial charge is 0.499 e. The van der Waals surface area contributed by atoms with Crippen LogP contribution in [0, 0.1) is 0 Å². The minimum absolute atomic E-state index is 0.506. The first kappa shape index (κ1) is 35.9. The van der Waals surface area contributed by atoms with Gasteiger partial charge in [-0.25, -0.2) is 0 Å². The summed E-state index contributed by atoms with van der Waals surface area (Å²) in [6.45, 7) is 15.0. The first-order chi connectivity index (χ1) is 17.9. The lowest BCUT2D eigenvalue weighted by Crippen LogP contribution is -2.15. The van der Waals surface area contributed by atoms with Crippen LogP contribution in [0.2, 0.25) is 0 Å². The number of hydrogen-bond acceptors (Lipinski definition) is 11. The molecule has 36 heavy (non-hydrogen) atoms. The highest BCUT2D eigenvalue weighted by molar-refractivity contribution is 14.1. The van der Waals surface area contributed by atoms with Crippen molar-refractivity contribution in [3.63, 3.8) is 0 Å². The van der Waals surface area contributed by atoms with Crippen molar-refractivity contribution >= 4 is 22.6 Å². The number of rotatable bonds is 33. The minimum atomic E-state index is 0.506. The van der Waals surface area contributed by atoms with E-state index in [2.05, 4.69) is 29.2 Å². The van der Waals surface area contributed by atoms with Crippen molar-refractivity contribution in [1.29, 1.82) is 0 Å². The molecule has 0 bridgehead atoms.